The zero-order valence-electron chi connectivity index (χ0n) is 10.4. The van der Waals surface area contributed by atoms with Gasteiger partial charge in [0.05, 0.1) is 12.4 Å². The van der Waals surface area contributed by atoms with Crippen molar-refractivity contribution in [2.45, 2.75) is 32.4 Å². The number of halogens is 1. The second-order valence-electron chi connectivity index (χ2n) is 4.54. The molecular formula is C12H16FN5. The van der Waals surface area contributed by atoms with Crippen LogP contribution in [0.4, 0.5) is 10.2 Å². The topological polar surface area (TPSA) is 46.8 Å². The van der Waals surface area contributed by atoms with E-state index in [1.54, 1.807) is 12.7 Å². The quantitative estimate of drug-likeness (QED) is 0.832. The van der Waals surface area contributed by atoms with E-state index in [1.165, 1.54) is 0 Å². The van der Waals surface area contributed by atoms with Gasteiger partial charge in [0.15, 0.2) is 17.0 Å². The highest BCUT2D eigenvalue weighted by atomic mass is 19.1. The molecule has 2 aromatic heterocycles. The first-order valence-corrected chi connectivity index (χ1v) is 6.33. The molecule has 1 saturated heterocycles. The van der Waals surface area contributed by atoms with Crippen LogP contribution < -0.4 is 4.90 Å². The minimum Gasteiger partial charge on any atom is -0.349 e. The number of anilines is 1. The van der Waals surface area contributed by atoms with Crippen LogP contribution >= 0.6 is 0 Å². The lowest BCUT2D eigenvalue weighted by Gasteiger charge is -2.23. The standard InChI is InChI=1S/C12H16FN5/c1-2-17-8-16-10-11(17)14-7-15-12(10)18-5-3-4-9(18)6-13/h7-9H,2-6H2,1H3. The van der Waals surface area contributed by atoms with Crippen molar-refractivity contribution < 1.29 is 4.39 Å². The normalized spacial score (nSPS) is 19.9. The van der Waals surface area contributed by atoms with E-state index in [0.29, 0.717) is 0 Å². The number of alkyl halides is 1. The van der Waals surface area contributed by atoms with E-state index in [-0.39, 0.29) is 12.7 Å². The van der Waals surface area contributed by atoms with Crippen LogP contribution in [0.15, 0.2) is 12.7 Å². The molecule has 1 atom stereocenters. The third-order valence-corrected chi connectivity index (χ3v) is 3.55. The van der Waals surface area contributed by atoms with Gasteiger partial charge in [-0.2, -0.15) is 0 Å². The van der Waals surface area contributed by atoms with Crippen molar-refractivity contribution in [3.8, 4) is 0 Å². The van der Waals surface area contributed by atoms with Crippen LogP contribution in [-0.2, 0) is 6.54 Å². The summed E-state index contributed by atoms with van der Waals surface area (Å²) >= 11 is 0. The second kappa shape index (κ2) is 4.51. The Bertz CT molecular complexity index is 552. The van der Waals surface area contributed by atoms with Gasteiger partial charge >= 0.3 is 0 Å². The van der Waals surface area contributed by atoms with E-state index < -0.39 is 0 Å². The Balaban J connectivity index is 2.09. The smallest absolute Gasteiger partial charge is 0.165 e. The molecule has 1 aliphatic heterocycles. The van der Waals surface area contributed by atoms with E-state index in [9.17, 15) is 4.39 Å². The Hall–Kier alpha value is -1.72. The number of hydrogen-bond acceptors (Lipinski definition) is 4. The number of hydrogen-bond donors (Lipinski definition) is 0. The van der Waals surface area contributed by atoms with Gasteiger partial charge in [-0.15, -0.1) is 0 Å². The van der Waals surface area contributed by atoms with Gasteiger partial charge in [0.1, 0.15) is 13.0 Å². The van der Waals surface area contributed by atoms with Crippen molar-refractivity contribution in [3.05, 3.63) is 12.7 Å². The molecule has 0 spiro atoms. The largest absolute Gasteiger partial charge is 0.349 e. The minimum atomic E-state index is -0.333. The molecule has 0 aliphatic carbocycles. The average Bonchev–Trinajstić information content (AvgIpc) is 3.04. The summed E-state index contributed by atoms with van der Waals surface area (Å²) in [5, 5.41) is 0. The minimum absolute atomic E-state index is 0.0603. The summed E-state index contributed by atoms with van der Waals surface area (Å²) in [4.78, 5) is 15.0. The van der Waals surface area contributed by atoms with Crippen molar-refractivity contribution in [3.63, 3.8) is 0 Å². The highest BCUT2D eigenvalue weighted by Crippen LogP contribution is 2.28. The van der Waals surface area contributed by atoms with Crippen LogP contribution in [0.5, 0.6) is 0 Å². The van der Waals surface area contributed by atoms with Gasteiger partial charge in [0.25, 0.3) is 0 Å². The number of nitrogens with zero attached hydrogens (tertiary/aromatic N) is 5. The molecule has 1 unspecified atom stereocenters. The molecule has 6 heteroatoms. The molecule has 3 heterocycles. The number of imidazole rings is 1. The molecule has 1 aliphatic rings. The molecule has 1 fully saturated rings. The maximum atomic E-state index is 13.0. The number of aryl methyl sites for hydroxylation is 1. The van der Waals surface area contributed by atoms with Crippen LogP contribution in [0.3, 0.4) is 0 Å². The third kappa shape index (κ3) is 1.63. The lowest BCUT2D eigenvalue weighted by Crippen LogP contribution is -2.31. The molecule has 0 aromatic carbocycles. The maximum absolute atomic E-state index is 13.0. The molecule has 0 bridgehead atoms. The molecule has 0 N–H and O–H groups in total. The van der Waals surface area contributed by atoms with Crippen molar-refractivity contribution in [1.29, 1.82) is 0 Å². The fourth-order valence-corrected chi connectivity index (χ4v) is 2.58. The van der Waals surface area contributed by atoms with Gasteiger partial charge < -0.3 is 9.47 Å². The van der Waals surface area contributed by atoms with E-state index in [2.05, 4.69) is 15.0 Å². The maximum Gasteiger partial charge on any atom is 0.165 e. The van der Waals surface area contributed by atoms with Crippen molar-refractivity contribution in [2.24, 2.45) is 0 Å². The fraction of sp³-hybridized carbons (Fsp3) is 0.583. The van der Waals surface area contributed by atoms with E-state index in [4.69, 9.17) is 0 Å². The summed E-state index contributed by atoms with van der Waals surface area (Å²) in [6, 6.07) is -0.0603. The second-order valence-corrected chi connectivity index (χ2v) is 4.54. The molecular weight excluding hydrogens is 233 g/mol. The van der Waals surface area contributed by atoms with Gasteiger partial charge in [-0.3, -0.25) is 0 Å². The SMILES string of the molecule is CCn1cnc2c(N3CCCC3CF)ncnc21. The summed E-state index contributed by atoms with van der Waals surface area (Å²) in [6.07, 6.45) is 5.20. The van der Waals surface area contributed by atoms with E-state index in [0.717, 1.165) is 42.9 Å². The van der Waals surface area contributed by atoms with Gasteiger partial charge in [-0.1, -0.05) is 0 Å². The summed E-state index contributed by atoms with van der Waals surface area (Å²) in [6.45, 7) is 3.38. The first-order valence-electron chi connectivity index (χ1n) is 6.33. The Labute approximate surface area is 105 Å². The molecule has 0 radical (unpaired) electrons. The molecule has 5 nitrogen and oxygen atoms in total. The first-order chi connectivity index (χ1) is 8.85. The molecule has 2 aromatic rings. The lowest BCUT2D eigenvalue weighted by molar-refractivity contribution is 0.427. The van der Waals surface area contributed by atoms with E-state index >= 15 is 0 Å². The van der Waals surface area contributed by atoms with Gasteiger partial charge in [-0.05, 0) is 19.8 Å². The number of fused-ring (bicyclic) bond motifs is 1. The number of rotatable bonds is 3. The van der Waals surface area contributed by atoms with Gasteiger partial charge in [0, 0.05) is 13.1 Å². The first kappa shape index (κ1) is 11.4. The molecule has 96 valence electrons. The predicted molar refractivity (Wildman–Crippen MR) is 67.3 cm³/mol. The predicted octanol–water partition coefficient (Wildman–Crippen LogP) is 1.78. The van der Waals surface area contributed by atoms with Crippen molar-refractivity contribution >= 4 is 17.0 Å². The average molecular weight is 249 g/mol. The highest BCUT2D eigenvalue weighted by molar-refractivity contribution is 5.83. The fourth-order valence-electron chi connectivity index (χ4n) is 2.58. The van der Waals surface area contributed by atoms with Crippen LogP contribution in [0.2, 0.25) is 0 Å². The van der Waals surface area contributed by atoms with Gasteiger partial charge in [-0.25, -0.2) is 19.3 Å². The summed E-state index contributed by atoms with van der Waals surface area (Å²) in [5.74, 6) is 0.771. The summed E-state index contributed by atoms with van der Waals surface area (Å²) in [7, 11) is 0. The van der Waals surface area contributed by atoms with Crippen LogP contribution in [0, 0.1) is 0 Å². The molecule has 0 amide bonds. The van der Waals surface area contributed by atoms with Gasteiger partial charge in [0.2, 0.25) is 0 Å². The third-order valence-electron chi connectivity index (χ3n) is 3.55. The van der Waals surface area contributed by atoms with Crippen molar-refractivity contribution in [2.75, 3.05) is 18.1 Å². The summed E-state index contributed by atoms with van der Waals surface area (Å²) in [5.41, 5.74) is 1.60. The monoisotopic (exact) mass is 249 g/mol. The van der Waals surface area contributed by atoms with Crippen LogP contribution in [0.1, 0.15) is 19.8 Å². The van der Waals surface area contributed by atoms with Crippen molar-refractivity contribution in [1.82, 2.24) is 19.5 Å². The summed E-state index contributed by atoms with van der Waals surface area (Å²) < 4.78 is 15.0. The molecule has 3 rings (SSSR count). The van der Waals surface area contributed by atoms with E-state index in [1.807, 2.05) is 16.4 Å². The lowest BCUT2D eigenvalue weighted by atomic mass is 10.2. The van der Waals surface area contributed by atoms with Crippen LogP contribution in [-0.4, -0.2) is 38.8 Å². The van der Waals surface area contributed by atoms with Crippen LogP contribution in [0.25, 0.3) is 11.2 Å². The Morgan fingerprint density at radius 1 is 1.39 bits per heavy atom. The number of aromatic nitrogens is 4. The zero-order valence-corrected chi connectivity index (χ0v) is 10.4. The Morgan fingerprint density at radius 3 is 3.06 bits per heavy atom. The Kier molecular flexibility index (Phi) is 2.85. The zero-order chi connectivity index (χ0) is 12.5. The highest BCUT2D eigenvalue weighted by Gasteiger charge is 2.27. The molecule has 0 saturated carbocycles. The molecule has 18 heavy (non-hydrogen) atoms. The Morgan fingerprint density at radius 2 is 2.28 bits per heavy atom.